The maximum Gasteiger partial charge on any atom is 0.408 e. The third-order valence-electron chi connectivity index (χ3n) is 6.56. The van der Waals surface area contributed by atoms with Crippen LogP contribution in [0, 0.1) is 12.0 Å². The van der Waals surface area contributed by atoms with Crippen molar-refractivity contribution in [2.24, 2.45) is 5.92 Å². The molecule has 0 fully saturated rings. The molecule has 4 atom stereocenters. The minimum Gasteiger partial charge on any atom is -0.494 e. The van der Waals surface area contributed by atoms with Crippen molar-refractivity contribution in [1.29, 1.82) is 0 Å². The number of nitrogens with one attached hydrogen (secondary N) is 4. The third kappa shape index (κ3) is 9.89. The average Bonchev–Trinajstić information content (AvgIpc) is 2.94. The van der Waals surface area contributed by atoms with Crippen molar-refractivity contribution >= 4 is 17.9 Å². The summed E-state index contributed by atoms with van der Waals surface area (Å²) >= 11 is 0. The van der Waals surface area contributed by atoms with Crippen LogP contribution in [0.25, 0.3) is 0 Å². The normalized spacial score (nSPS) is 21.2. The van der Waals surface area contributed by atoms with Gasteiger partial charge in [0.15, 0.2) is 0 Å². The molecule has 2 aromatic rings. The Morgan fingerprint density at radius 2 is 1.82 bits per heavy atom. The summed E-state index contributed by atoms with van der Waals surface area (Å²) in [5, 5.41) is 25.9. The Morgan fingerprint density at radius 1 is 1.10 bits per heavy atom. The second-order valence-corrected chi connectivity index (χ2v) is 10.3. The minimum atomic E-state index is -1.29. The van der Waals surface area contributed by atoms with Crippen LogP contribution in [-0.2, 0) is 27.4 Å². The van der Waals surface area contributed by atoms with Gasteiger partial charge in [0.2, 0.25) is 17.9 Å². The summed E-state index contributed by atoms with van der Waals surface area (Å²) in [6.07, 6.45) is 0.172. The van der Waals surface area contributed by atoms with E-state index in [4.69, 9.17) is 14.7 Å². The topological polar surface area (TPSA) is 150 Å². The van der Waals surface area contributed by atoms with Gasteiger partial charge in [-0.1, -0.05) is 61.6 Å². The van der Waals surface area contributed by atoms with Crippen LogP contribution in [0.4, 0.5) is 4.79 Å². The summed E-state index contributed by atoms with van der Waals surface area (Å²) < 4.78 is 11.1. The van der Waals surface area contributed by atoms with Gasteiger partial charge in [-0.3, -0.25) is 9.59 Å². The van der Waals surface area contributed by atoms with Crippen molar-refractivity contribution < 1.29 is 34.2 Å². The van der Waals surface area contributed by atoms with Gasteiger partial charge in [0.05, 0.1) is 12.6 Å². The highest BCUT2D eigenvalue weighted by molar-refractivity contribution is 5.91. The number of fused-ring (bicyclic) bond motifs is 14. The zero-order valence-corrected chi connectivity index (χ0v) is 23.0. The molecule has 214 valence electrons. The lowest BCUT2D eigenvalue weighted by Crippen LogP contribution is -2.57. The van der Waals surface area contributed by atoms with E-state index in [-0.39, 0.29) is 18.9 Å². The van der Waals surface area contributed by atoms with Crippen LogP contribution >= 0.6 is 0 Å². The Kier molecular flexibility index (Phi) is 11.8. The molecule has 0 saturated heterocycles. The Hall–Kier alpha value is -4.10. The summed E-state index contributed by atoms with van der Waals surface area (Å²) in [5.74, 6) is -0.289. The second kappa shape index (κ2) is 15.5. The molecule has 4 rings (SSSR count). The molecule has 0 radical (unpaired) electrons. The molecule has 1 unspecified atom stereocenters. The minimum absolute atomic E-state index is 0.0409. The lowest BCUT2D eigenvalue weighted by atomic mass is 9.99. The standard InChI is InChI=1S/C30H38N4O6/c1-20(2)16-25-28(36)32-24(27(35)18-31)10-6-7-15-39-23-13-11-21(12-14-23)17-26(29(37)33-25)34-30(38)40-19-22-8-4-3-5-9-22/h3-5,8-9,11-14,20,24-27,35H,6-7,10,15-17,19H2,1-2H3,(H,32,36)(H,33,37)(H,34,38)/p+1/t24-,25-,26-,27?/m0/s1. The second-order valence-electron chi connectivity index (χ2n) is 10.3. The number of carbonyl (C=O) groups excluding carboxylic acids is 3. The van der Waals surface area contributed by atoms with E-state index in [9.17, 15) is 19.5 Å². The van der Waals surface area contributed by atoms with E-state index in [1.54, 1.807) is 12.1 Å². The Morgan fingerprint density at radius 3 is 2.50 bits per heavy atom. The molecule has 5 N–H and O–H groups in total. The molecule has 2 heterocycles. The SMILES string of the molecule is CC(C)C[C@@H]1NC(=O)[C@@H](NC(=O)OCc2ccccc2)Cc2ccc(cc2)OCCCC[C@@H](C(O)C#[NH+])NC1=O. The largest absolute Gasteiger partial charge is 0.494 e. The van der Waals surface area contributed by atoms with Crippen LogP contribution in [0.3, 0.4) is 0 Å². The van der Waals surface area contributed by atoms with Crippen molar-refractivity contribution in [2.75, 3.05) is 6.61 Å². The Labute approximate surface area is 235 Å². The first-order chi connectivity index (χ1) is 19.2. The van der Waals surface area contributed by atoms with Gasteiger partial charge < -0.3 is 30.5 Å². The first kappa shape index (κ1) is 30.4. The average molecular weight is 552 g/mol. The van der Waals surface area contributed by atoms with E-state index in [2.05, 4.69) is 16.0 Å². The van der Waals surface area contributed by atoms with Crippen LogP contribution in [0.1, 0.15) is 50.7 Å². The van der Waals surface area contributed by atoms with E-state index in [0.29, 0.717) is 38.0 Å². The number of alkyl carbamates (subject to hydrolysis) is 1. The van der Waals surface area contributed by atoms with E-state index in [0.717, 1.165) is 11.1 Å². The van der Waals surface area contributed by atoms with E-state index >= 15 is 0 Å². The molecule has 10 heteroatoms. The first-order valence-electron chi connectivity index (χ1n) is 13.6. The highest BCUT2D eigenvalue weighted by Gasteiger charge is 2.31. The zero-order valence-electron chi connectivity index (χ0n) is 23.0. The molecule has 10 nitrogen and oxygen atoms in total. The molecule has 0 aromatic heterocycles. The molecule has 0 aliphatic carbocycles. The van der Waals surface area contributed by atoms with E-state index in [1.165, 1.54) is 0 Å². The number of amides is 3. The van der Waals surface area contributed by atoms with Crippen LogP contribution in [0.15, 0.2) is 54.6 Å². The monoisotopic (exact) mass is 551 g/mol. The van der Waals surface area contributed by atoms with Crippen molar-refractivity contribution in [3.63, 3.8) is 0 Å². The fourth-order valence-electron chi connectivity index (χ4n) is 4.40. The van der Waals surface area contributed by atoms with Gasteiger partial charge in [-0.05, 0) is 54.9 Å². The Bertz CT molecular complexity index is 1150. The molecule has 2 aliphatic heterocycles. The predicted octanol–water partition coefficient (Wildman–Crippen LogP) is 1.24. The van der Waals surface area contributed by atoms with Crippen LogP contribution < -0.4 is 25.9 Å². The lowest BCUT2D eigenvalue weighted by Gasteiger charge is -2.26. The molecule has 40 heavy (non-hydrogen) atoms. The van der Waals surface area contributed by atoms with Gasteiger partial charge in [0, 0.05) is 6.42 Å². The van der Waals surface area contributed by atoms with E-state index < -0.39 is 42.1 Å². The molecule has 0 saturated carbocycles. The molecule has 0 spiro atoms. The van der Waals surface area contributed by atoms with Crippen LogP contribution in [0.5, 0.6) is 5.75 Å². The highest BCUT2D eigenvalue weighted by atomic mass is 16.5. The number of hydrogen-bond acceptors (Lipinski definition) is 6. The van der Waals surface area contributed by atoms with Gasteiger partial charge in [0.1, 0.15) is 24.4 Å². The molecule has 2 bridgehead atoms. The summed E-state index contributed by atoms with van der Waals surface area (Å²) in [6.45, 7) is 4.34. The molecular formula is C30H39N4O6+. The zero-order chi connectivity index (χ0) is 28.9. The fourth-order valence-corrected chi connectivity index (χ4v) is 4.40. The van der Waals surface area contributed by atoms with Crippen molar-refractivity contribution in [2.45, 2.75) is 76.8 Å². The van der Waals surface area contributed by atoms with Gasteiger partial charge in [-0.15, -0.1) is 0 Å². The van der Waals surface area contributed by atoms with Crippen molar-refractivity contribution in [3.8, 4) is 11.8 Å². The van der Waals surface area contributed by atoms with Gasteiger partial charge in [-0.25, -0.2) is 4.79 Å². The lowest BCUT2D eigenvalue weighted by molar-refractivity contribution is -0.131. The number of aliphatic hydroxyl groups is 1. The number of hydrogen-bond donors (Lipinski definition) is 5. The number of carbonyl (C=O) groups is 3. The fraction of sp³-hybridized carbons (Fsp3) is 0.467. The molecule has 3 amide bonds. The quantitative estimate of drug-likeness (QED) is 0.341. The maximum absolute atomic E-state index is 13.5. The number of aliphatic hydroxyl groups excluding tert-OH is 1. The summed E-state index contributed by atoms with van der Waals surface area (Å²) in [5.41, 5.74) is 1.59. The maximum atomic E-state index is 13.5. The number of benzene rings is 2. The third-order valence-corrected chi connectivity index (χ3v) is 6.56. The molecule has 2 aromatic carbocycles. The number of rotatable bonds is 6. The van der Waals surface area contributed by atoms with Crippen molar-refractivity contribution in [1.82, 2.24) is 16.0 Å². The smallest absolute Gasteiger partial charge is 0.408 e. The van der Waals surface area contributed by atoms with Gasteiger partial charge in [0.25, 0.3) is 0 Å². The summed E-state index contributed by atoms with van der Waals surface area (Å²) in [6, 6.07) is 15.8. The first-order valence-corrected chi connectivity index (χ1v) is 13.6. The highest BCUT2D eigenvalue weighted by Crippen LogP contribution is 2.16. The van der Waals surface area contributed by atoms with Crippen LogP contribution in [-0.4, -0.2) is 53.9 Å². The van der Waals surface area contributed by atoms with E-state index in [1.807, 2.05) is 62.4 Å². The van der Waals surface area contributed by atoms with Crippen LogP contribution in [0.2, 0.25) is 0 Å². The molecular weight excluding hydrogens is 512 g/mol. The van der Waals surface area contributed by atoms with Gasteiger partial charge >= 0.3 is 12.2 Å². The summed E-state index contributed by atoms with van der Waals surface area (Å²) in [7, 11) is 0. The molecule has 2 aliphatic rings. The number of ether oxygens (including phenoxy) is 2. The predicted molar refractivity (Wildman–Crippen MR) is 147 cm³/mol. The Balaban J connectivity index is 1.83. The van der Waals surface area contributed by atoms with Gasteiger partial charge in [-0.2, -0.15) is 0 Å². The summed E-state index contributed by atoms with van der Waals surface area (Å²) in [4.78, 5) is 39.5. The van der Waals surface area contributed by atoms with Crippen molar-refractivity contribution in [3.05, 3.63) is 65.7 Å².